The summed E-state index contributed by atoms with van der Waals surface area (Å²) in [7, 11) is 3.79. The number of aromatic nitrogens is 4. The van der Waals surface area contributed by atoms with E-state index in [1.807, 2.05) is 56.2 Å². The van der Waals surface area contributed by atoms with E-state index in [-0.39, 0.29) is 24.5 Å². The van der Waals surface area contributed by atoms with Gasteiger partial charge in [0.2, 0.25) is 5.91 Å². The molecule has 3 heterocycles. The number of hydrogen-bond donors (Lipinski definition) is 1. The number of amides is 1. The topological polar surface area (TPSA) is 74.0 Å². The minimum atomic E-state index is -0.145. The monoisotopic (exact) mass is 353 g/mol. The van der Waals surface area contributed by atoms with Gasteiger partial charge >= 0.3 is 0 Å². The van der Waals surface area contributed by atoms with E-state index in [0.717, 1.165) is 34.3 Å². The lowest BCUT2D eigenvalue weighted by Crippen LogP contribution is -2.37. The normalized spacial score (nSPS) is 20.0. The number of para-hydroxylation sites is 1. The van der Waals surface area contributed by atoms with Gasteiger partial charge in [-0.15, -0.1) is 0 Å². The van der Waals surface area contributed by atoms with Gasteiger partial charge in [0.25, 0.3) is 0 Å². The first-order chi connectivity index (χ1) is 12.5. The molecular formula is C19H23N5O2. The number of hydrogen-bond acceptors (Lipinski definition) is 4. The molecule has 26 heavy (non-hydrogen) atoms. The third-order valence-electron chi connectivity index (χ3n) is 4.96. The summed E-state index contributed by atoms with van der Waals surface area (Å²) in [6.45, 7) is 2.60. The van der Waals surface area contributed by atoms with E-state index in [2.05, 4.69) is 15.5 Å². The number of benzene rings is 1. The second-order valence-corrected chi connectivity index (χ2v) is 6.86. The smallest absolute Gasteiger partial charge is 0.226 e. The summed E-state index contributed by atoms with van der Waals surface area (Å²) in [4.78, 5) is 12.7. The highest BCUT2D eigenvalue weighted by Gasteiger charge is 2.33. The van der Waals surface area contributed by atoms with Gasteiger partial charge in [0, 0.05) is 37.8 Å². The average molecular weight is 353 g/mol. The molecule has 0 bridgehead atoms. The Kier molecular flexibility index (Phi) is 4.24. The van der Waals surface area contributed by atoms with Gasteiger partial charge in [0.1, 0.15) is 6.10 Å². The number of nitrogens with one attached hydrogen (secondary N) is 1. The summed E-state index contributed by atoms with van der Waals surface area (Å²) in [5, 5.41) is 13.1. The van der Waals surface area contributed by atoms with Crippen LogP contribution in [-0.2, 0) is 30.0 Å². The van der Waals surface area contributed by atoms with Gasteiger partial charge in [-0.25, -0.2) is 0 Å². The summed E-state index contributed by atoms with van der Waals surface area (Å²) < 4.78 is 9.48. The van der Waals surface area contributed by atoms with Gasteiger partial charge in [-0.05, 0) is 19.4 Å². The fourth-order valence-electron chi connectivity index (χ4n) is 3.77. The Balaban J connectivity index is 1.49. The van der Waals surface area contributed by atoms with E-state index < -0.39 is 0 Å². The van der Waals surface area contributed by atoms with Gasteiger partial charge in [0.05, 0.1) is 29.4 Å². The lowest BCUT2D eigenvalue weighted by Gasteiger charge is -2.19. The first-order valence-corrected chi connectivity index (χ1v) is 8.84. The lowest BCUT2D eigenvalue weighted by molar-refractivity contribution is -0.121. The minimum absolute atomic E-state index is 0.0316. The van der Waals surface area contributed by atoms with Crippen molar-refractivity contribution < 1.29 is 9.53 Å². The second kappa shape index (κ2) is 6.57. The predicted molar refractivity (Wildman–Crippen MR) is 97.6 cm³/mol. The molecule has 1 aromatic carbocycles. The standard InChI is InChI=1S/C19H23N5O2/c1-12-14(11-23(2)21-12)19-15(8-9-26-19)20-18(25)10-16-13-6-4-5-7-17(13)24(3)22-16/h4-7,11,15,19H,8-10H2,1-3H3,(H,20,25)/t15-,19+/m0/s1. The van der Waals surface area contributed by atoms with E-state index in [4.69, 9.17) is 4.74 Å². The molecular weight excluding hydrogens is 330 g/mol. The second-order valence-electron chi connectivity index (χ2n) is 6.86. The van der Waals surface area contributed by atoms with Crippen LogP contribution in [0.2, 0.25) is 0 Å². The Morgan fingerprint density at radius 2 is 2.12 bits per heavy atom. The van der Waals surface area contributed by atoms with Crippen LogP contribution in [0.4, 0.5) is 0 Å². The fourth-order valence-corrected chi connectivity index (χ4v) is 3.77. The van der Waals surface area contributed by atoms with Crippen LogP contribution in [0.15, 0.2) is 30.5 Å². The Hall–Kier alpha value is -2.67. The molecule has 3 aromatic rings. The summed E-state index contributed by atoms with van der Waals surface area (Å²) in [6.07, 6.45) is 2.88. The quantitative estimate of drug-likeness (QED) is 0.776. The number of carbonyl (C=O) groups is 1. The van der Waals surface area contributed by atoms with Gasteiger partial charge in [-0.1, -0.05) is 18.2 Å². The van der Waals surface area contributed by atoms with Gasteiger partial charge in [0.15, 0.2) is 0 Å². The van der Waals surface area contributed by atoms with E-state index in [1.165, 1.54) is 0 Å². The molecule has 2 aromatic heterocycles. The van der Waals surface area contributed by atoms with E-state index in [9.17, 15) is 4.79 Å². The molecule has 0 radical (unpaired) electrons. The molecule has 1 saturated heterocycles. The molecule has 1 aliphatic heterocycles. The van der Waals surface area contributed by atoms with Crippen molar-refractivity contribution in [1.29, 1.82) is 0 Å². The van der Waals surface area contributed by atoms with Gasteiger partial charge in [-0.3, -0.25) is 14.2 Å². The van der Waals surface area contributed by atoms with Crippen LogP contribution in [0.25, 0.3) is 10.9 Å². The maximum absolute atomic E-state index is 12.7. The number of ether oxygens (including phenoxy) is 1. The van der Waals surface area contributed by atoms with Crippen LogP contribution in [0, 0.1) is 6.92 Å². The molecule has 1 aliphatic rings. The molecule has 7 nitrogen and oxygen atoms in total. The third-order valence-corrected chi connectivity index (χ3v) is 4.96. The number of aryl methyl sites for hydroxylation is 3. The molecule has 136 valence electrons. The maximum atomic E-state index is 12.7. The highest BCUT2D eigenvalue weighted by Crippen LogP contribution is 2.31. The molecule has 1 amide bonds. The molecule has 0 aliphatic carbocycles. The van der Waals surface area contributed by atoms with Crippen LogP contribution < -0.4 is 5.32 Å². The molecule has 2 atom stereocenters. The average Bonchev–Trinajstić information content (AvgIpc) is 3.27. The van der Waals surface area contributed by atoms with Crippen molar-refractivity contribution in [3.63, 3.8) is 0 Å². The van der Waals surface area contributed by atoms with Gasteiger partial charge in [-0.2, -0.15) is 10.2 Å². The van der Waals surface area contributed by atoms with Gasteiger partial charge < -0.3 is 10.1 Å². The SMILES string of the molecule is Cc1nn(C)cc1[C@H]1OCC[C@@H]1NC(=O)Cc1nn(C)c2ccccc12. The maximum Gasteiger partial charge on any atom is 0.226 e. The number of nitrogens with zero attached hydrogens (tertiary/aromatic N) is 4. The first kappa shape index (κ1) is 16.8. The number of fused-ring (bicyclic) bond motifs is 1. The minimum Gasteiger partial charge on any atom is -0.371 e. The van der Waals surface area contributed by atoms with Crippen molar-refractivity contribution in [2.45, 2.75) is 31.9 Å². The highest BCUT2D eigenvalue weighted by atomic mass is 16.5. The number of rotatable bonds is 4. The van der Waals surface area contributed by atoms with Crippen LogP contribution in [0.3, 0.4) is 0 Å². The van der Waals surface area contributed by atoms with Crippen LogP contribution in [0.5, 0.6) is 0 Å². The molecule has 0 unspecified atom stereocenters. The van der Waals surface area contributed by atoms with Crippen LogP contribution >= 0.6 is 0 Å². The molecule has 4 rings (SSSR count). The van der Waals surface area contributed by atoms with Crippen LogP contribution in [-0.4, -0.2) is 38.1 Å². The zero-order chi connectivity index (χ0) is 18.3. The molecule has 1 fully saturated rings. The largest absolute Gasteiger partial charge is 0.371 e. The Morgan fingerprint density at radius 3 is 2.88 bits per heavy atom. The van der Waals surface area contributed by atoms with Crippen molar-refractivity contribution in [2.24, 2.45) is 14.1 Å². The molecule has 0 spiro atoms. The summed E-state index contributed by atoms with van der Waals surface area (Å²) in [6, 6.07) is 7.92. The van der Waals surface area contributed by atoms with Crippen molar-refractivity contribution in [3.05, 3.63) is 47.4 Å². The number of carbonyl (C=O) groups excluding carboxylic acids is 1. The highest BCUT2D eigenvalue weighted by molar-refractivity contribution is 5.87. The Bertz CT molecular complexity index is 958. The van der Waals surface area contributed by atoms with E-state index >= 15 is 0 Å². The predicted octanol–water partition coefficient (Wildman–Crippen LogP) is 1.80. The summed E-state index contributed by atoms with van der Waals surface area (Å²) in [5.74, 6) is -0.0316. The first-order valence-electron chi connectivity index (χ1n) is 8.84. The van der Waals surface area contributed by atoms with E-state index in [0.29, 0.717) is 6.61 Å². The lowest BCUT2D eigenvalue weighted by atomic mass is 10.0. The van der Waals surface area contributed by atoms with Crippen molar-refractivity contribution in [2.75, 3.05) is 6.61 Å². The molecule has 1 N–H and O–H groups in total. The van der Waals surface area contributed by atoms with Crippen LogP contribution in [0.1, 0.15) is 29.5 Å². The fraction of sp³-hybridized carbons (Fsp3) is 0.421. The van der Waals surface area contributed by atoms with Crippen molar-refractivity contribution >= 4 is 16.8 Å². The molecule has 7 heteroatoms. The summed E-state index contributed by atoms with van der Waals surface area (Å²) >= 11 is 0. The van der Waals surface area contributed by atoms with E-state index in [1.54, 1.807) is 4.68 Å². The Morgan fingerprint density at radius 1 is 1.31 bits per heavy atom. The zero-order valence-electron chi connectivity index (χ0n) is 15.3. The zero-order valence-corrected chi connectivity index (χ0v) is 15.3. The van der Waals surface area contributed by atoms with Crippen molar-refractivity contribution in [1.82, 2.24) is 24.9 Å². The summed E-state index contributed by atoms with van der Waals surface area (Å²) in [5.41, 5.74) is 3.81. The third kappa shape index (κ3) is 2.99. The molecule has 0 saturated carbocycles. The Labute approximate surface area is 151 Å². The van der Waals surface area contributed by atoms with Crippen molar-refractivity contribution in [3.8, 4) is 0 Å².